The van der Waals surface area contributed by atoms with E-state index in [2.05, 4.69) is 30.3 Å². The summed E-state index contributed by atoms with van der Waals surface area (Å²) in [5.74, 6) is 1.60. The van der Waals surface area contributed by atoms with Gasteiger partial charge in [-0.2, -0.15) is 5.26 Å². The Balaban J connectivity index is 1.50. The largest absolute Gasteiger partial charge is 0.463 e. The predicted octanol–water partition coefficient (Wildman–Crippen LogP) is 3.23. The lowest BCUT2D eigenvalue weighted by Gasteiger charge is -2.39. The first kappa shape index (κ1) is 18.0. The maximum absolute atomic E-state index is 13.1. The molecule has 2 atom stereocenters. The number of nitriles is 1. The zero-order chi connectivity index (χ0) is 19.8. The van der Waals surface area contributed by atoms with E-state index in [4.69, 9.17) is 4.42 Å². The number of allylic oxidation sites excluding steroid dienone is 1. The standard InChI is InChI=1S/C23H19N3O2S/c24-12-21-20(19-9-3-6-16-5-1-2-8-18(16)19)11-22(27)26-14-25(15-29-23(21)26)13-17-7-4-10-28-17/h1-10,20H,11,13-15H2/p+1/t20-/m1/s1. The molecule has 1 unspecified atom stereocenters. The number of benzene rings is 2. The van der Waals surface area contributed by atoms with Gasteiger partial charge in [-0.3, -0.25) is 9.69 Å². The zero-order valence-corrected chi connectivity index (χ0v) is 16.6. The molecule has 1 N–H and O–H groups in total. The van der Waals surface area contributed by atoms with Gasteiger partial charge in [-0.25, -0.2) is 0 Å². The van der Waals surface area contributed by atoms with Gasteiger partial charge in [0.2, 0.25) is 5.91 Å². The molecular formula is C23H20N3O2S+. The van der Waals surface area contributed by atoms with E-state index in [1.807, 2.05) is 30.3 Å². The van der Waals surface area contributed by atoms with Crippen LogP contribution in [0.25, 0.3) is 10.8 Å². The normalized spacial score (nSPS) is 21.9. The van der Waals surface area contributed by atoms with Crippen molar-refractivity contribution in [2.24, 2.45) is 0 Å². The maximum atomic E-state index is 13.1. The van der Waals surface area contributed by atoms with Gasteiger partial charge in [0.15, 0.2) is 12.4 Å². The van der Waals surface area contributed by atoms with Gasteiger partial charge >= 0.3 is 0 Å². The van der Waals surface area contributed by atoms with Crippen LogP contribution in [0.5, 0.6) is 0 Å². The summed E-state index contributed by atoms with van der Waals surface area (Å²) in [7, 11) is 0. The Hall–Kier alpha value is -3.01. The molecule has 0 spiro atoms. The summed E-state index contributed by atoms with van der Waals surface area (Å²) >= 11 is 1.60. The Kier molecular flexibility index (Phi) is 4.62. The summed E-state index contributed by atoms with van der Waals surface area (Å²) in [4.78, 5) is 16.1. The minimum atomic E-state index is -0.191. The number of nitrogens with zero attached hydrogens (tertiary/aromatic N) is 2. The first-order chi connectivity index (χ1) is 14.2. The van der Waals surface area contributed by atoms with Crippen molar-refractivity contribution in [2.45, 2.75) is 18.9 Å². The number of carbonyl (C=O) groups excluding carboxylic acids is 1. The minimum absolute atomic E-state index is 0.0843. The van der Waals surface area contributed by atoms with E-state index in [0.717, 1.165) is 39.5 Å². The van der Waals surface area contributed by atoms with Crippen LogP contribution in [0.2, 0.25) is 0 Å². The second-order valence-electron chi connectivity index (χ2n) is 7.43. The summed E-state index contributed by atoms with van der Waals surface area (Å²) < 4.78 is 5.46. The summed E-state index contributed by atoms with van der Waals surface area (Å²) in [5.41, 5.74) is 1.77. The number of fused-ring (bicyclic) bond motifs is 2. The molecular weight excluding hydrogens is 382 g/mol. The second kappa shape index (κ2) is 7.43. The van der Waals surface area contributed by atoms with Crippen molar-refractivity contribution >= 4 is 28.4 Å². The number of furan rings is 1. The van der Waals surface area contributed by atoms with E-state index in [1.54, 1.807) is 22.9 Å². The van der Waals surface area contributed by atoms with Crippen LogP contribution in [0, 0.1) is 11.3 Å². The topological polar surface area (TPSA) is 61.7 Å². The first-order valence-corrected chi connectivity index (χ1v) is 10.6. The van der Waals surface area contributed by atoms with Gasteiger partial charge in [-0.15, -0.1) is 0 Å². The van der Waals surface area contributed by atoms with Gasteiger partial charge in [0, 0.05) is 12.3 Å². The third-order valence-electron chi connectivity index (χ3n) is 5.62. The van der Waals surface area contributed by atoms with Crippen molar-refractivity contribution in [1.82, 2.24) is 4.90 Å². The highest BCUT2D eigenvalue weighted by Gasteiger charge is 2.40. The first-order valence-electron chi connectivity index (χ1n) is 9.65. The molecule has 2 aliphatic rings. The van der Waals surface area contributed by atoms with Crippen LogP contribution in [0.15, 0.2) is 75.9 Å². The van der Waals surface area contributed by atoms with Crippen molar-refractivity contribution < 1.29 is 14.1 Å². The molecule has 144 valence electrons. The maximum Gasteiger partial charge on any atom is 0.232 e. The zero-order valence-electron chi connectivity index (χ0n) is 15.8. The second-order valence-corrected chi connectivity index (χ2v) is 8.39. The van der Waals surface area contributed by atoms with Gasteiger partial charge < -0.3 is 9.32 Å². The van der Waals surface area contributed by atoms with Crippen molar-refractivity contribution in [1.29, 1.82) is 5.26 Å². The molecule has 3 aromatic rings. The van der Waals surface area contributed by atoms with E-state index in [-0.39, 0.29) is 11.8 Å². The summed E-state index contributed by atoms with van der Waals surface area (Å²) in [6.07, 6.45) is 2.00. The van der Waals surface area contributed by atoms with Crippen molar-refractivity contribution in [3.05, 3.63) is 82.8 Å². The highest BCUT2D eigenvalue weighted by atomic mass is 32.2. The Labute approximate surface area is 173 Å². The average Bonchev–Trinajstić information content (AvgIpc) is 3.26. The Bertz CT molecular complexity index is 1140. The van der Waals surface area contributed by atoms with Crippen molar-refractivity contribution in [2.75, 3.05) is 12.5 Å². The number of carbonyl (C=O) groups is 1. The molecule has 5 nitrogen and oxygen atoms in total. The van der Waals surface area contributed by atoms with Crippen LogP contribution in [0.1, 0.15) is 23.7 Å². The van der Waals surface area contributed by atoms with Crippen LogP contribution < -0.4 is 4.90 Å². The molecule has 3 heterocycles. The molecule has 2 aromatic carbocycles. The molecule has 29 heavy (non-hydrogen) atoms. The molecule has 0 bridgehead atoms. The van der Waals surface area contributed by atoms with Crippen LogP contribution in [0.3, 0.4) is 0 Å². The third kappa shape index (κ3) is 3.23. The number of quaternary nitrogens is 1. The summed E-state index contributed by atoms with van der Waals surface area (Å²) in [5, 5.41) is 13.1. The smallest absolute Gasteiger partial charge is 0.232 e. The quantitative estimate of drug-likeness (QED) is 0.731. The predicted molar refractivity (Wildman–Crippen MR) is 111 cm³/mol. The van der Waals surface area contributed by atoms with Gasteiger partial charge in [0.05, 0.1) is 17.9 Å². The molecule has 0 aliphatic carbocycles. The van der Waals surface area contributed by atoms with E-state index < -0.39 is 0 Å². The Morgan fingerprint density at radius 2 is 2.03 bits per heavy atom. The third-order valence-corrected chi connectivity index (χ3v) is 6.89. The number of hydrogen-bond donors (Lipinski definition) is 1. The molecule has 1 amide bonds. The lowest BCUT2D eigenvalue weighted by Crippen LogP contribution is -3.12. The Morgan fingerprint density at radius 1 is 1.17 bits per heavy atom. The fourth-order valence-corrected chi connectivity index (χ4v) is 5.46. The van der Waals surface area contributed by atoms with Gasteiger partial charge in [-0.05, 0) is 40.2 Å². The molecule has 2 aliphatic heterocycles. The van der Waals surface area contributed by atoms with E-state index in [1.165, 1.54) is 4.90 Å². The minimum Gasteiger partial charge on any atom is -0.463 e. The van der Waals surface area contributed by atoms with Gasteiger partial charge in [0.1, 0.15) is 17.5 Å². The van der Waals surface area contributed by atoms with Crippen molar-refractivity contribution in [3.8, 4) is 6.07 Å². The number of amides is 1. The highest BCUT2D eigenvalue weighted by Crippen LogP contribution is 2.42. The summed E-state index contributed by atoms with van der Waals surface area (Å²) in [6, 6.07) is 20.6. The van der Waals surface area contributed by atoms with E-state index >= 15 is 0 Å². The van der Waals surface area contributed by atoms with Crippen LogP contribution in [0.4, 0.5) is 0 Å². The van der Waals surface area contributed by atoms with E-state index in [0.29, 0.717) is 18.7 Å². The fourth-order valence-electron chi connectivity index (χ4n) is 4.26. The lowest BCUT2D eigenvalue weighted by atomic mass is 9.84. The number of nitrogens with one attached hydrogen (secondary N) is 1. The van der Waals surface area contributed by atoms with Crippen LogP contribution >= 0.6 is 11.8 Å². The molecule has 0 saturated carbocycles. The van der Waals surface area contributed by atoms with Gasteiger partial charge in [0.25, 0.3) is 0 Å². The molecule has 1 fully saturated rings. The summed E-state index contributed by atoms with van der Waals surface area (Å²) in [6.45, 7) is 1.29. The van der Waals surface area contributed by atoms with E-state index in [9.17, 15) is 10.1 Å². The molecule has 5 rings (SSSR count). The monoisotopic (exact) mass is 402 g/mol. The average molecular weight is 402 g/mol. The Morgan fingerprint density at radius 3 is 2.86 bits per heavy atom. The highest BCUT2D eigenvalue weighted by molar-refractivity contribution is 8.02. The molecule has 0 radical (unpaired) electrons. The van der Waals surface area contributed by atoms with Crippen LogP contribution in [-0.4, -0.2) is 23.4 Å². The SMILES string of the molecule is N#CC1=C2SC[NH+](Cc3ccco3)CN2C(=O)C[C@@H]1c1cccc2ccccc12. The molecule has 1 aromatic heterocycles. The molecule has 6 heteroatoms. The number of thioether (sulfide) groups is 1. The lowest BCUT2D eigenvalue weighted by molar-refractivity contribution is -0.911. The molecule has 1 saturated heterocycles. The van der Waals surface area contributed by atoms with Crippen molar-refractivity contribution in [3.63, 3.8) is 0 Å². The van der Waals surface area contributed by atoms with Crippen LogP contribution in [-0.2, 0) is 11.3 Å². The fraction of sp³-hybridized carbons (Fsp3) is 0.217. The number of rotatable bonds is 3. The number of hydrogen-bond acceptors (Lipinski definition) is 4. The van der Waals surface area contributed by atoms with Gasteiger partial charge in [-0.1, -0.05) is 42.5 Å².